The lowest BCUT2D eigenvalue weighted by Gasteiger charge is -2.28. The van der Waals surface area contributed by atoms with Crippen LogP contribution in [0.5, 0.6) is 0 Å². The van der Waals surface area contributed by atoms with Gasteiger partial charge in [-0.2, -0.15) is 0 Å². The number of carbonyl (C=O) groups is 1. The Balaban J connectivity index is 4.62. The molecule has 0 fully saturated rings. The molecule has 0 aliphatic rings. The lowest BCUT2D eigenvalue weighted by Crippen LogP contribution is -2.18. The van der Waals surface area contributed by atoms with E-state index in [1.807, 2.05) is 0 Å². The number of carbonyl (C=O) groups excluding carboxylic acids is 1. The highest BCUT2D eigenvalue weighted by Crippen LogP contribution is 2.62. The SMILES string of the molecule is C=C(C)C(=O)OCCCCCCCCCC(OP(=O)(OCC)OCC)P(=O)(OCC)OCC. The summed E-state index contributed by atoms with van der Waals surface area (Å²) in [5.41, 5.74) is 0.411. The van der Waals surface area contributed by atoms with Gasteiger partial charge in [0.2, 0.25) is 0 Å². The fourth-order valence-corrected chi connectivity index (χ4v) is 6.65. The first-order valence-corrected chi connectivity index (χ1v) is 15.0. The summed E-state index contributed by atoms with van der Waals surface area (Å²) in [6, 6.07) is 0. The number of hydrogen-bond acceptors (Lipinski definition) is 9. The van der Waals surface area contributed by atoms with Crippen molar-refractivity contribution in [3.05, 3.63) is 12.2 Å². The van der Waals surface area contributed by atoms with Crippen LogP contribution in [-0.4, -0.2) is 44.8 Å². The topological polar surface area (TPSA) is 107 Å². The number of phosphoric ester groups is 1. The van der Waals surface area contributed by atoms with Crippen molar-refractivity contribution in [3.63, 3.8) is 0 Å². The summed E-state index contributed by atoms with van der Waals surface area (Å²) in [5, 5.41) is 0. The van der Waals surface area contributed by atoms with Crippen LogP contribution in [0.25, 0.3) is 0 Å². The van der Waals surface area contributed by atoms with E-state index in [0.717, 1.165) is 38.5 Å². The average Bonchev–Trinajstić information content (AvgIpc) is 2.74. The molecular formula is C22H44O9P2. The molecule has 0 amide bonds. The molecule has 0 saturated heterocycles. The lowest BCUT2D eigenvalue weighted by molar-refractivity contribution is -0.139. The smallest absolute Gasteiger partial charge is 0.462 e. The highest BCUT2D eigenvalue weighted by Gasteiger charge is 2.42. The van der Waals surface area contributed by atoms with Crippen LogP contribution in [0.4, 0.5) is 0 Å². The molecule has 196 valence electrons. The molecule has 1 atom stereocenters. The summed E-state index contributed by atoms with van der Waals surface area (Å²) in [6.07, 6.45) is 6.78. The second kappa shape index (κ2) is 18.8. The summed E-state index contributed by atoms with van der Waals surface area (Å²) >= 11 is 0. The van der Waals surface area contributed by atoms with Gasteiger partial charge < -0.3 is 13.8 Å². The molecule has 0 aromatic heterocycles. The third-order valence-corrected chi connectivity index (χ3v) is 8.61. The van der Waals surface area contributed by atoms with Gasteiger partial charge in [-0.15, -0.1) is 0 Å². The van der Waals surface area contributed by atoms with E-state index in [1.165, 1.54) is 0 Å². The average molecular weight is 515 g/mol. The fraction of sp³-hybridized carbons (Fsp3) is 0.864. The van der Waals surface area contributed by atoms with Crippen molar-refractivity contribution in [1.82, 2.24) is 0 Å². The summed E-state index contributed by atoms with van der Waals surface area (Å²) in [5.74, 6) is -1.38. The Labute approximate surface area is 200 Å². The van der Waals surface area contributed by atoms with Gasteiger partial charge in [-0.1, -0.05) is 45.1 Å². The molecule has 0 aromatic carbocycles. The van der Waals surface area contributed by atoms with Crippen LogP contribution in [0.2, 0.25) is 0 Å². The van der Waals surface area contributed by atoms with Crippen LogP contribution in [0.3, 0.4) is 0 Å². The van der Waals surface area contributed by atoms with E-state index in [9.17, 15) is 13.9 Å². The Morgan fingerprint density at radius 2 is 1.21 bits per heavy atom. The Hall–Kier alpha value is -0.530. The largest absolute Gasteiger partial charge is 0.475 e. The minimum atomic E-state index is -3.88. The van der Waals surface area contributed by atoms with Crippen LogP contribution < -0.4 is 0 Å². The van der Waals surface area contributed by atoms with Gasteiger partial charge in [-0.25, -0.2) is 9.36 Å². The van der Waals surface area contributed by atoms with Crippen molar-refractivity contribution in [2.45, 2.75) is 91.8 Å². The molecule has 1 unspecified atom stereocenters. The molecule has 0 aliphatic carbocycles. The highest BCUT2D eigenvalue weighted by molar-refractivity contribution is 7.55. The van der Waals surface area contributed by atoms with Crippen LogP contribution in [0.1, 0.15) is 86.0 Å². The van der Waals surface area contributed by atoms with Crippen molar-refractivity contribution in [2.75, 3.05) is 33.0 Å². The molecule has 0 rings (SSSR count). The maximum atomic E-state index is 13.3. The Morgan fingerprint density at radius 1 is 0.758 bits per heavy atom. The monoisotopic (exact) mass is 514 g/mol. The van der Waals surface area contributed by atoms with Crippen LogP contribution >= 0.6 is 15.4 Å². The van der Waals surface area contributed by atoms with Crippen molar-refractivity contribution >= 4 is 21.4 Å². The molecule has 11 heteroatoms. The van der Waals surface area contributed by atoms with E-state index >= 15 is 0 Å². The maximum Gasteiger partial charge on any atom is 0.475 e. The van der Waals surface area contributed by atoms with E-state index in [2.05, 4.69) is 6.58 Å². The van der Waals surface area contributed by atoms with Crippen molar-refractivity contribution in [3.8, 4) is 0 Å². The third-order valence-electron chi connectivity index (χ3n) is 4.47. The third kappa shape index (κ3) is 14.5. The minimum Gasteiger partial charge on any atom is -0.462 e. The summed E-state index contributed by atoms with van der Waals surface area (Å²) in [6.45, 7) is 13.0. The Morgan fingerprint density at radius 3 is 1.67 bits per heavy atom. The number of esters is 1. The second-order valence-corrected chi connectivity index (χ2v) is 11.2. The molecule has 0 saturated carbocycles. The van der Waals surface area contributed by atoms with Gasteiger partial charge in [-0.3, -0.25) is 18.1 Å². The summed E-state index contributed by atoms with van der Waals surface area (Å²) in [4.78, 5) is 11.3. The molecule has 0 bridgehead atoms. The predicted molar refractivity (Wildman–Crippen MR) is 129 cm³/mol. The first-order chi connectivity index (χ1) is 15.7. The number of hydrogen-bond donors (Lipinski definition) is 0. The molecule has 0 spiro atoms. The van der Waals surface area contributed by atoms with Crippen molar-refractivity contribution in [1.29, 1.82) is 0 Å². The molecule has 0 aromatic rings. The number of phosphoric acid groups is 1. The van der Waals surface area contributed by atoms with Gasteiger partial charge in [0.1, 0.15) is 0 Å². The fourth-order valence-electron chi connectivity index (χ4n) is 2.99. The van der Waals surface area contributed by atoms with Crippen LogP contribution in [-0.2, 0) is 41.3 Å². The van der Waals surface area contributed by atoms with E-state index < -0.39 is 21.3 Å². The number of ether oxygens (including phenoxy) is 1. The quantitative estimate of drug-likeness (QED) is 0.0652. The van der Waals surface area contributed by atoms with Gasteiger partial charge in [0.25, 0.3) is 0 Å². The molecule has 0 radical (unpaired) electrons. The zero-order valence-corrected chi connectivity index (χ0v) is 22.8. The first-order valence-electron chi connectivity index (χ1n) is 12.0. The van der Waals surface area contributed by atoms with Gasteiger partial charge in [-0.05, 0) is 47.5 Å². The second-order valence-electron chi connectivity index (χ2n) is 7.40. The maximum absolute atomic E-state index is 13.3. The predicted octanol–water partition coefficient (Wildman–Crippen LogP) is 7.02. The Kier molecular flexibility index (Phi) is 18.5. The van der Waals surface area contributed by atoms with E-state index in [4.69, 9.17) is 27.4 Å². The van der Waals surface area contributed by atoms with Crippen LogP contribution in [0.15, 0.2) is 12.2 Å². The van der Waals surface area contributed by atoms with Crippen molar-refractivity contribution in [2.24, 2.45) is 0 Å². The standard InChI is InChI=1S/C22H44O9P2/c1-7-27-32(24,28-8-2)21(31-33(25,29-9-3)30-10-4)18-16-14-12-11-13-15-17-19-26-22(23)20(5)6/h21H,5,7-19H2,1-4,6H3. The van der Waals surface area contributed by atoms with Crippen molar-refractivity contribution < 1.29 is 41.3 Å². The molecule has 0 aliphatic heterocycles. The Bertz CT molecular complexity index is 619. The van der Waals surface area contributed by atoms with Gasteiger partial charge in [0.15, 0.2) is 5.85 Å². The molecule has 0 N–H and O–H groups in total. The summed E-state index contributed by atoms with van der Waals surface area (Å²) < 4.78 is 58.2. The van der Waals surface area contributed by atoms with E-state index in [-0.39, 0.29) is 32.4 Å². The minimum absolute atomic E-state index is 0.129. The first kappa shape index (κ1) is 32.5. The molecule has 9 nitrogen and oxygen atoms in total. The van der Waals surface area contributed by atoms with Gasteiger partial charge in [0.05, 0.1) is 33.0 Å². The zero-order valence-electron chi connectivity index (χ0n) is 21.0. The van der Waals surface area contributed by atoms with Gasteiger partial charge >= 0.3 is 21.4 Å². The summed E-state index contributed by atoms with van der Waals surface area (Å²) in [7, 11) is -7.55. The van der Waals surface area contributed by atoms with Gasteiger partial charge in [0, 0.05) is 5.57 Å². The van der Waals surface area contributed by atoms with E-state index in [0.29, 0.717) is 25.0 Å². The number of unbranched alkanes of at least 4 members (excludes halogenated alkanes) is 6. The molecule has 0 heterocycles. The lowest BCUT2D eigenvalue weighted by atomic mass is 10.1. The highest BCUT2D eigenvalue weighted by atomic mass is 31.2. The molecular weight excluding hydrogens is 470 g/mol. The normalized spacial score (nSPS) is 13.1. The number of rotatable bonds is 22. The molecule has 33 heavy (non-hydrogen) atoms. The van der Waals surface area contributed by atoms with Crippen LogP contribution in [0, 0.1) is 0 Å². The van der Waals surface area contributed by atoms with E-state index in [1.54, 1.807) is 34.6 Å². The zero-order chi connectivity index (χ0) is 25.2.